The van der Waals surface area contributed by atoms with Gasteiger partial charge in [0.15, 0.2) is 6.10 Å². The van der Waals surface area contributed by atoms with E-state index in [1.807, 2.05) is 23.1 Å². The Morgan fingerprint density at radius 1 is 1.00 bits per heavy atom. The van der Waals surface area contributed by atoms with Crippen molar-refractivity contribution in [1.82, 2.24) is 4.90 Å². The minimum Gasteiger partial charge on any atom is -0.497 e. The van der Waals surface area contributed by atoms with Crippen molar-refractivity contribution in [2.75, 3.05) is 19.0 Å². The van der Waals surface area contributed by atoms with E-state index in [-0.39, 0.29) is 23.8 Å². The lowest BCUT2D eigenvalue weighted by molar-refractivity contribution is -0.134. The minimum absolute atomic E-state index is 0.153. The van der Waals surface area contributed by atoms with Crippen molar-refractivity contribution in [1.29, 1.82) is 0 Å². The summed E-state index contributed by atoms with van der Waals surface area (Å²) in [6, 6.07) is 21.4. The third-order valence-electron chi connectivity index (χ3n) is 6.95. The summed E-state index contributed by atoms with van der Waals surface area (Å²) in [6.45, 7) is 4.52. The van der Waals surface area contributed by atoms with Gasteiger partial charge in [0.05, 0.1) is 13.2 Å². The molecule has 36 heavy (non-hydrogen) atoms. The fourth-order valence-electron chi connectivity index (χ4n) is 4.84. The van der Waals surface area contributed by atoms with Crippen LogP contribution in [0.5, 0.6) is 11.5 Å². The molecule has 6 nitrogen and oxygen atoms in total. The molecule has 6 heteroatoms. The lowest BCUT2D eigenvalue weighted by Gasteiger charge is -2.38. The summed E-state index contributed by atoms with van der Waals surface area (Å²) < 4.78 is 11.3. The first kappa shape index (κ1) is 23.9. The van der Waals surface area contributed by atoms with Crippen molar-refractivity contribution >= 4 is 17.5 Å². The summed E-state index contributed by atoms with van der Waals surface area (Å²) in [5, 5.41) is 2.89. The second kappa shape index (κ2) is 10.1. The Labute approximate surface area is 212 Å². The molecular weight excluding hydrogens is 452 g/mol. The Morgan fingerprint density at radius 2 is 1.75 bits per heavy atom. The van der Waals surface area contributed by atoms with Gasteiger partial charge in [-0.25, -0.2) is 0 Å². The molecule has 1 saturated carbocycles. The molecule has 1 fully saturated rings. The van der Waals surface area contributed by atoms with E-state index in [4.69, 9.17) is 9.47 Å². The van der Waals surface area contributed by atoms with Crippen LogP contribution in [0.1, 0.15) is 48.1 Å². The zero-order chi connectivity index (χ0) is 25.2. The fourth-order valence-corrected chi connectivity index (χ4v) is 4.84. The molecular formula is C30H32N2O4. The van der Waals surface area contributed by atoms with Gasteiger partial charge in [-0.05, 0) is 86.2 Å². The van der Waals surface area contributed by atoms with Crippen LogP contribution in [0, 0.1) is 12.8 Å². The minimum atomic E-state index is -0.699. The van der Waals surface area contributed by atoms with Crippen LogP contribution >= 0.6 is 0 Å². The zero-order valence-corrected chi connectivity index (χ0v) is 21.0. The maximum absolute atomic E-state index is 13.2. The van der Waals surface area contributed by atoms with Crippen LogP contribution in [-0.4, -0.2) is 36.5 Å². The maximum Gasteiger partial charge on any atom is 0.265 e. The molecule has 3 aromatic carbocycles. The maximum atomic E-state index is 13.2. The monoisotopic (exact) mass is 484 g/mol. The molecule has 1 aliphatic heterocycles. The van der Waals surface area contributed by atoms with Crippen molar-refractivity contribution in [3.05, 3.63) is 89.0 Å². The summed E-state index contributed by atoms with van der Waals surface area (Å²) in [5.74, 6) is 1.50. The number of ether oxygens (including phenoxy) is 2. The normalized spacial score (nSPS) is 17.6. The number of nitrogens with zero attached hydrogens (tertiary/aromatic N) is 1. The van der Waals surface area contributed by atoms with E-state index < -0.39 is 6.10 Å². The molecule has 1 heterocycles. The van der Waals surface area contributed by atoms with Crippen molar-refractivity contribution in [3.63, 3.8) is 0 Å². The second-order valence-electron chi connectivity index (χ2n) is 9.71. The van der Waals surface area contributed by atoms with Crippen molar-refractivity contribution in [2.24, 2.45) is 5.92 Å². The van der Waals surface area contributed by atoms with E-state index in [1.165, 1.54) is 5.56 Å². The first-order chi connectivity index (χ1) is 17.4. The molecule has 0 spiro atoms. The average molecular weight is 485 g/mol. The first-order valence-electron chi connectivity index (χ1n) is 12.5. The number of fused-ring (bicyclic) bond motifs is 1. The van der Waals surface area contributed by atoms with Gasteiger partial charge in [-0.15, -0.1) is 0 Å². The van der Waals surface area contributed by atoms with Crippen LogP contribution in [0.15, 0.2) is 66.7 Å². The largest absolute Gasteiger partial charge is 0.497 e. The highest BCUT2D eigenvalue weighted by Crippen LogP contribution is 2.41. The van der Waals surface area contributed by atoms with Gasteiger partial charge in [0.25, 0.3) is 5.91 Å². The fraction of sp³-hybridized carbons (Fsp3) is 0.333. The number of carbonyl (C=O) groups is 2. The van der Waals surface area contributed by atoms with E-state index >= 15 is 0 Å². The number of amides is 2. The average Bonchev–Trinajstić information content (AvgIpc) is 3.73. The van der Waals surface area contributed by atoms with E-state index in [0.717, 1.165) is 41.7 Å². The van der Waals surface area contributed by atoms with Crippen molar-refractivity contribution in [3.8, 4) is 11.5 Å². The smallest absolute Gasteiger partial charge is 0.265 e. The molecule has 1 aliphatic carbocycles. The van der Waals surface area contributed by atoms with Gasteiger partial charge in [0.1, 0.15) is 11.5 Å². The topological polar surface area (TPSA) is 67.9 Å². The molecule has 3 aromatic rings. The van der Waals surface area contributed by atoms with Crippen LogP contribution in [0.25, 0.3) is 0 Å². The molecule has 0 bridgehead atoms. The van der Waals surface area contributed by atoms with Gasteiger partial charge in [-0.2, -0.15) is 0 Å². The van der Waals surface area contributed by atoms with Gasteiger partial charge in [0.2, 0.25) is 5.91 Å². The summed E-state index contributed by atoms with van der Waals surface area (Å²) in [5.41, 5.74) is 5.22. The summed E-state index contributed by atoms with van der Waals surface area (Å²) in [7, 11) is 1.60. The molecule has 1 N–H and O–H groups in total. The number of nitrogens with one attached hydrogen (secondary N) is 1. The number of benzene rings is 3. The molecule has 2 amide bonds. The molecule has 2 atom stereocenters. The predicted octanol–water partition coefficient (Wildman–Crippen LogP) is 5.29. The molecule has 0 aromatic heterocycles. The Morgan fingerprint density at radius 3 is 2.44 bits per heavy atom. The van der Waals surface area contributed by atoms with Crippen LogP contribution in [0.3, 0.4) is 0 Å². The van der Waals surface area contributed by atoms with Gasteiger partial charge in [-0.3, -0.25) is 9.59 Å². The van der Waals surface area contributed by atoms with Crippen LogP contribution in [0.4, 0.5) is 5.69 Å². The molecule has 5 rings (SSSR count). The second-order valence-corrected chi connectivity index (χ2v) is 9.71. The van der Waals surface area contributed by atoms with Gasteiger partial charge < -0.3 is 19.7 Å². The summed E-state index contributed by atoms with van der Waals surface area (Å²) >= 11 is 0. The number of methoxy groups -OCH3 is 1. The quantitative estimate of drug-likeness (QED) is 0.495. The van der Waals surface area contributed by atoms with Crippen LogP contribution < -0.4 is 14.8 Å². The summed E-state index contributed by atoms with van der Waals surface area (Å²) in [6.07, 6.45) is 2.07. The van der Waals surface area contributed by atoms with E-state index in [1.54, 1.807) is 38.3 Å². The van der Waals surface area contributed by atoms with Crippen LogP contribution in [0.2, 0.25) is 0 Å². The summed E-state index contributed by atoms with van der Waals surface area (Å²) in [4.78, 5) is 28.1. The lowest BCUT2D eigenvalue weighted by atomic mass is 9.87. The Balaban J connectivity index is 1.38. The molecule has 2 unspecified atom stereocenters. The highest BCUT2D eigenvalue weighted by molar-refractivity contribution is 5.94. The number of rotatable bonds is 7. The van der Waals surface area contributed by atoms with Gasteiger partial charge in [-0.1, -0.05) is 35.9 Å². The number of hydrogen-bond donors (Lipinski definition) is 1. The van der Waals surface area contributed by atoms with Crippen LogP contribution in [-0.2, 0) is 16.0 Å². The number of hydrogen-bond acceptors (Lipinski definition) is 4. The lowest BCUT2D eigenvalue weighted by Crippen LogP contribution is -2.41. The number of carbonyl (C=O) groups excluding carboxylic acids is 2. The SMILES string of the molecule is COc1ccc(NC(=O)C(C)Oc2ccc3c(c2)C(c2cccc(C)c2)N(C(=O)C2CC2)CC3)cc1. The Bertz CT molecular complexity index is 1270. The van der Waals surface area contributed by atoms with Crippen molar-refractivity contribution < 1.29 is 19.1 Å². The third-order valence-corrected chi connectivity index (χ3v) is 6.95. The standard InChI is InChI=1S/C30H32N2O4/c1-19-5-4-6-23(17-19)28-27-18-26(12-9-21(27)15-16-32(28)30(34)22-7-8-22)36-20(2)29(33)31-24-10-13-25(35-3)14-11-24/h4-6,9-14,17-18,20,22,28H,7-8,15-16H2,1-3H3,(H,31,33). The Hall–Kier alpha value is -3.80. The highest BCUT2D eigenvalue weighted by atomic mass is 16.5. The Kier molecular flexibility index (Phi) is 6.68. The molecule has 0 radical (unpaired) electrons. The van der Waals surface area contributed by atoms with Gasteiger partial charge >= 0.3 is 0 Å². The van der Waals surface area contributed by atoms with Crippen molar-refractivity contribution in [2.45, 2.75) is 45.3 Å². The number of aryl methyl sites for hydroxylation is 1. The van der Waals surface area contributed by atoms with E-state index in [0.29, 0.717) is 18.0 Å². The molecule has 2 aliphatic rings. The molecule has 0 saturated heterocycles. The van der Waals surface area contributed by atoms with E-state index in [2.05, 4.69) is 36.5 Å². The predicted molar refractivity (Wildman–Crippen MR) is 139 cm³/mol. The zero-order valence-electron chi connectivity index (χ0n) is 21.0. The van der Waals surface area contributed by atoms with E-state index in [9.17, 15) is 9.59 Å². The van der Waals surface area contributed by atoms with Gasteiger partial charge in [0, 0.05) is 18.2 Å². The highest BCUT2D eigenvalue weighted by Gasteiger charge is 2.39. The third kappa shape index (κ3) is 5.08. The number of anilines is 1. The molecule has 186 valence electrons. The first-order valence-corrected chi connectivity index (χ1v) is 12.5.